The van der Waals surface area contributed by atoms with Crippen molar-refractivity contribution in [1.82, 2.24) is 10.2 Å². The largest absolute Gasteiger partial charge is 0.466 e. The van der Waals surface area contributed by atoms with E-state index >= 15 is 0 Å². The van der Waals surface area contributed by atoms with Crippen LogP contribution in [0.1, 0.15) is 49.5 Å². The van der Waals surface area contributed by atoms with Gasteiger partial charge in [0.15, 0.2) is 5.06 Å². The molecular weight excluding hydrogens is 506 g/mol. The van der Waals surface area contributed by atoms with Crippen molar-refractivity contribution >= 4 is 52.5 Å². The first-order chi connectivity index (χ1) is 17.0. The van der Waals surface area contributed by atoms with Gasteiger partial charge in [-0.05, 0) is 76.4 Å². The van der Waals surface area contributed by atoms with Crippen molar-refractivity contribution in [3.05, 3.63) is 45.8 Å². The second kappa shape index (κ2) is 11.7. The number of hydrogen-bond donors (Lipinski definition) is 2. The summed E-state index contributed by atoms with van der Waals surface area (Å²) in [5.41, 5.74) is 0.366. The number of nitrogens with one attached hydrogen (secondary N) is 2. The van der Waals surface area contributed by atoms with E-state index in [1.165, 1.54) is 0 Å². The third kappa shape index (κ3) is 6.98. The summed E-state index contributed by atoms with van der Waals surface area (Å²) in [6.07, 6.45) is 0.644. The number of halogens is 1. The van der Waals surface area contributed by atoms with Crippen LogP contribution < -0.4 is 15.4 Å². The number of aryl methyl sites for hydroxylation is 1. The van der Waals surface area contributed by atoms with E-state index in [1.54, 1.807) is 62.9 Å². The molecular formula is C25H30ClN3O6S. The van der Waals surface area contributed by atoms with Crippen molar-refractivity contribution in [1.29, 1.82) is 0 Å². The second-order valence-corrected chi connectivity index (χ2v) is 10.7. The fraction of sp³-hybridized carbons (Fsp3) is 0.440. The minimum Gasteiger partial charge on any atom is -0.466 e. The molecule has 194 valence electrons. The van der Waals surface area contributed by atoms with Crippen LogP contribution in [0.3, 0.4) is 0 Å². The molecule has 1 aromatic carbocycles. The van der Waals surface area contributed by atoms with Crippen molar-refractivity contribution in [3.8, 4) is 5.06 Å². The number of carbonyl (C=O) groups excluding carboxylic acids is 4. The minimum absolute atomic E-state index is 0.169. The van der Waals surface area contributed by atoms with Gasteiger partial charge >= 0.3 is 12.1 Å². The van der Waals surface area contributed by atoms with E-state index in [9.17, 15) is 19.2 Å². The van der Waals surface area contributed by atoms with E-state index in [4.69, 9.17) is 21.1 Å². The minimum atomic E-state index is -1.28. The van der Waals surface area contributed by atoms with Gasteiger partial charge < -0.3 is 25.0 Å². The van der Waals surface area contributed by atoms with Crippen molar-refractivity contribution in [2.24, 2.45) is 5.92 Å². The Morgan fingerprint density at radius 1 is 1.19 bits per heavy atom. The zero-order valence-corrected chi connectivity index (χ0v) is 22.3. The third-order valence-electron chi connectivity index (χ3n) is 5.77. The number of nitrogens with zero attached hydrogens (tertiary/aromatic N) is 1. The lowest BCUT2D eigenvalue weighted by Crippen LogP contribution is -2.53. The lowest BCUT2D eigenvalue weighted by Gasteiger charge is -2.32. The highest BCUT2D eigenvalue weighted by Gasteiger charge is 2.32. The van der Waals surface area contributed by atoms with E-state index in [0.717, 1.165) is 17.8 Å². The predicted molar refractivity (Wildman–Crippen MR) is 138 cm³/mol. The molecule has 0 aliphatic carbocycles. The Hall–Kier alpha value is -3.11. The number of esters is 1. The molecule has 9 nitrogen and oxygen atoms in total. The van der Waals surface area contributed by atoms with Crippen LogP contribution in [0.5, 0.6) is 5.06 Å². The average Bonchev–Trinajstić information content (AvgIpc) is 3.22. The van der Waals surface area contributed by atoms with Gasteiger partial charge in [0.05, 0.1) is 16.9 Å². The maximum Gasteiger partial charge on any atom is 0.414 e. The lowest BCUT2D eigenvalue weighted by atomic mass is 9.96. The number of benzene rings is 1. The van der Waals surface area contributed by atoms with Gasteiger partial charge in [-0.3, -0.25) is 14.4 Å². The molecule has 1 unspecified atom stereocenters. The van der Waals surface area contributed by atoms with Crippen LogP contribution in [0, 0.1) is 12.8 Å². The van der Waals surface area contributed by atoms with Gasteiger partial charge in [0.1, 0.15) is 5.54 Å². The highest BCUT2D eigenvalue weighted by atomic mass is 35.5. The maximum absolute atomic E-state index is 13.1. The quantitative estimate of drug-likeness (QED) is 0.500. The van der Waals surface area contributed by atoms with Gasteiger partial charge in [-0.25, -0.2) is 4.79 Å². The molecule has 36 heavy (non-hydrogen) atoms. The zero-order valence-electron chi connectivity index (χ0n) is 20.7. The molecule has 3 amide bonds. The summed E-state index contributed by atoms with van der Waals surface area (Å²) in [7, 11) is 0. The summed E-state index contributed by atoms with van der Waals surface area (Å²) in [5.74, 6) is -1.22. The average molecular weight is 536 g/mol. The summed E-state index contributed by atoms with van der Waals surface area (Å²) in [4.78, 5) is 52.0. The molecule has 1 aromatic heterocycles. The number of hydrogen-bond acceptors (Lipinski definition) is 7. The molecule has 0 radical (unpaired) electrons. The summed E-state index contributed by atoms with van der Waals surface area (Å²) in [5, 5.41) is 5.61. The van der Waals surface area contributed by atoms with Crippen molar-refractivity contribution in [2.45, 2.75) is 46.1 Å². The summed E-state index contributed by atoms with van der Waals surface area (Å²) in [6.45, 7) is 7.84. The number of piperidine rings is 1. The number of anilines is 1. The molecule has 2 heterocycles. The molecule has 1 aliphatic rings. The second-order valence-electron chi connectivity index (χ2n) is 9.02. The predicted octanol–water partition coefficient (Wildman–Crippen LogP) is 4.63. The zero-order chi connectivity index (χ0) is 26.5. The molecule has 0 bridgehead atoms. The topological polar surface area (TPSA) is 114 Å². The Morgan fingerprint density at radius 3 is 2.58 bits per heavy atom. The molecule has 1 fully saturated rings. The number of thiophene rings is 1. The monoisotopic (exact) mass is 535 g/mol. The number of rotatable bonds is 7. The van der Waals surface area contributed by atoms with Gasteiger partial charge in [-0.15, -0.1) is 0 Å². The van der Waals surface area contributed by atoms with Crippen LogP contribution in [0.25, 0.3) is 0 Å². The van der Waals surface area contributed by atoms with Crippen LogP contribution in [-0.4, -0.2) is 54.0 Å². The Labute approximate surface area is 219 Å². The molecule has 0 saturated carbocycles. The Kier molecular flexibility index (Phi) is 8.97. The van der Waals surface area contributed by atoms with E-state index in [0.29, 0.717) is 52.3 Å². The number of likely N-dealkylation sites (tertiary alicyclic amines) is 1. The van der Waals surface area contributed by atoms with Gasteiger partial charge in [0.2, 0.25) is 5.91 Å². The third-order valence-corrected chi connectivity index (χ3v) is 6.88. The highest BCUT2D eigenvalue weighted by molar-refractivity contribution is 7.17. The summed E-state index contributed by atoms with van der Waals surface area (Å²) >= 11 is 6.94. The molecule has 2 N–H and O–H groups in total. The van der Waals surface area contributed by atoms with Crippen LogP contribution in [0.4, 0.5) is 10.5 Å². The first-order valence-corrected chi connectivity index (χ1v) is 12.8. The Balaban J connectivity index is 1.61. The van der Waals surface area contributed by atoms with E-state index in [1.807, 2.05) is 0 Å². The first-order valence-electron chi connectivity index (χ1n) is 11.6. The van der Waals surface area contributed by atoms with Crippen LogP contribution >= 0.6 is 22.9 Å². The smallest absolute Gasteiger partial charge is 0.414 e. The summed E-state index contributed by atoms with van der Waals surface area (Å²) < 4.78 is 10.8. The standard InChI is InChI=1S/C25H30ClN3O6S/c1-5-34-22(31)16-7-6-12-29(14-16)21(30)18-9-8-17(13-15(18)2)27-23(32)25(3,4)28-24(33)35-20-11-10-19(26)36-20/h8-11,13,16H,5-7,12,14H2,1-4H3,(H,27,32)(H,28,33). The molecule has 3 rings (SSSR count). The molecule has 1 saturated heterocycles. The van der Waals surface area contributed by atoms with Crippen LogP contribution in [0.2, 0.25) is 4.34 Å². The van der Waals surface area contributed by atoms with Crippen LogP contribution in [-0.2, 0) is 14.3 Å². The normalized spacial score (nSPS) is 15.7. The maximum atomic E-state index is 13.1. The molecule has 11 heteroatoms. The molecule has 1 aliphatic heterocycles. The molecule has 2 aromatic rings. The van der Waals surface area contributed by atoms with E-state index < -0.39 is 17.5 Å². The fourth-order valence-corrected chi connectivity index (χ4v) is 4.71. The first kappa shape index (κ1) is 27.5. The molecule has 0 spiro atoms. The van der Waals surface area contributed by atoms with Crippen molar-refractivity contribution in [2.75, 3.05) is 25.0 Å². The van der Waals surface area contributed by atoms with Crippen molar-refractivity contribution in [3.63, 3.8) is 0 Å². The number of carbonyl (C=O) groups is 4. The van der Waals surface area contributed by atoms with Gasteiger partial charge in [0, 0.05) is 24.3 Å². The molecule has 1 atom stereocenters. The Bertz CT molecular complexity index is 1150. The lowest BCUT2D eigenvalue weighted by molar-refractivity contribution is -0.149. The van der Waals surface area contributed by atoms with Crippen molar-refractivity contribution < 1.29 is 28.7 Å². The number of ether oxygens (including phenoxy) is 2. The number of amides is 3. The van der Waals surface area contributed by atoms with Gasteiger partial charge in [-0.2, -0.15) is 0 Å². The van der Waals surface area contributed by atoms with E-state index in [2.05, 4.69) is 10.6 Å². The fourth-order valence-electron chi connectivity index (χ4n) is 3.83. The van der Waals surface area contributed by atoms with E-state index in [-0.39, 0.29) is 17.8 Å². The summed E-state index contributed by atoms with van der Waals surface area (Å²) in [6, 6.07) is 8.14. The Morgan fingerprint density at radius 2 is 1.94 bits per heavy atom. The van der Waals surface area contributed by atoms with Gasteiger partial charge in [0.25, 0.3) is 5.91 Å². The van der Waals surface area contributed by atoms with Gasteiger partial charge in [-0.1, -0.05) is 22.9 Å². The highest BCUT2D eigenvalue weighted by Crippen LogP contribution is 2.28. The SMILES string of the molecule is CCOC(=O)C1CCCN(C(=O)c2ccc(NC(=O)C(C)(C)NC(=O)Oc3ccc(Cl)s3)cc2C)C1. The van der Waals surface area contributed by atoms with Crippen LogP contribution in [0.15, 0.2) is 30.3 Å².